The summed E-state index contributed by atoms with van der Waals surface area (Å²) < 4.78 is 70.0. The number of nitrogen functional groups attached to an aromatic ring is 2. The van der Waals surface area contributed by atoms with Crippen molar-refractivity contribution < 1.29 is 31.5 Å². The molecule has 0 aliphatic carbocycles. The van der Waals surface area contributed by atoms with Crippen LogP contribution in [0.3, 0.4) is 0 Å². The van der Waals surface area contributed by atoms with Gasteiger partial charge in [-0.1, -0.05) is 26.2 Å². The number of carbonyl (C=O) groups excluding carboxylic acids is 1. The highest BCUT2D eigenvalue weighted by atomic mass is 19.4. The van der Waals surface area contributed by atoms with Crippen molar-refractivity contribution in [2.24, 2.45) is 0 Å². The molecule has 0 aliphatic rings. The van der Waals surface area contributed by atoms with Gasteiger partial charge < -0.3 is 21.1 Å². The maximum Gasteiger partial charge on any atom is 0.423 e. The van der Waals surface area contributed by atoms with Gasteiger partial charge in [0, 0.05) is 13.6 Å². The van der Waals surface area contributed by atoms with E-state index in [-0.39, 0.29) is 34.1 Å². The number of halogens is 5. The SMILES string of the molecule is CCCCCCN(C)/C=C\c1cc(-c2ncc(OC)c(N)n2)c(F)c(F)c1C=O.Nc1cn[nH]c(=O)c1C(F)(F)F. The summed E-state index contributed by atoms with van der Waals surface area (Å²) >= 11 is 0. The fourth-order valence-electron chi connectivity index (χ4n) is 3.53. The van der Waals surface area contributed by atoms with Crippen molar-refractivity contribution in [1.82, 2.24) is 25.1 Å². The number of H-pyrrole nitrogens is 1. The highest BCUT2D eigenvalue weighted by Crippen LogP contribution is 2.30. The van der Waals surface area contributed by atoms with E-state index in [0.717, 1.165) is 32.0 Å². The Hall–Kier alpha value is -4.56. The molecular formula is C26H30F5N7O3. The van der Waals surface area contributed by atoms with Crippen molar-refractivity contribution >= 4 is 23.9 Å². The molecule has 0 atom stereocenters. The zero-order chi connectivity index (χ0) is 30.7. The zero-order valence-corrected chi connectivity index (χ0v) is 22.6. The topological polar surface area (TPSA) is 153 Å². The molecule has 0 unspecified atom stereocenters. The highest BCUT2D eigenvalue weighted by Gasteiger charge is 2.36. The van der Waals surface area contributed by atoms with Gasteiger partial charge in [0.1, 0.15) is 5.56 Å². The molecule has 10 nitrogen and oxygen atoms in total. The molecule has 2 heterocycles. The van der Waals surface area contributed by atoms with Gasteiger partial charge in [0.2, 0.25) is 0 Å². The fourth-order valence-corrected chi connectivity index (χ4v) is 3.53. The van der Waals surface area contributed by atoms with Gasteiger partial charge in [0.05, 0.1) is 36.3 Å². The van der Waals surface area contributed by atoms with Crippen LogP contribution in [0, 0.1) is 11.6 Å². The van der Waals surface area contributed by atoms with Crippen molar-refractivity contribution in [3.8, 4) is 17.1 Å². The van der Waals surface area contributed by atoms with Crippen LogP contribution in [0.2, 0.25) is 0 Å². The van der Waals surface area contributed by atoms with Gasteiger partial charge in [0.25, 0.3) is 5.56 Å². The van der Waals surface area contributed by atoms with Crippen LogP contribution < -0.4 is 21.8 Å². The highest BCUT2D eigenvalue weighted by molar-refractivity contribution is 5.84. The lowest BCUT2D eigenvalue weighted by Crippen LogP contribution is -2.24. The average molecular weight is 584 g/mol. The molecule has 5 N–H and O–H groups in total. The molecular weight excluding hydrogens is 553 g/mol. The number of methoxy groups -OCH3 is 1. The second kappa shape index (κ2) is 14.7. The van der Waals surface area contributed by atoms with Crippen LogP contribution >= 0.6 is 0 Å². The minimum Gasteiger partial charge on any atom is -0.491 e. The Balaban J connectivity index is 0.000000408. The van der Waals surface area contributed by atoms with E-state index in [1.54, 1.807) is 17.4 Å². The number of ether oxygens (including phenoxy) is 1. The Morgan fingerprint density at radius 1 is 1.12 bits per heavy atom. The van der Waals surface area contributed by atoms with E-state index in [9.17, 15) is 31.5 Å². The molecule has 15 heteroatoms. The average Bonchev–Trinajstić information content (AvgIpc) is 2.91. The maximum absolute atomic E-state index is 14.5. The lowest BCUT2D eigenvalue weighted by atomic mass is 10.0. The number of nitrogens with two attached hydrogens (primary N) is 2. The van der Waals surface area contributed by atoms with E-state index < -0.39 is 34.6 Å². The summed E-state index contributed by atoms with van der Waals surface area (Å²) in [5.41, 5.74) is 6.93. The van der Waals surface area contributed by atoms with Gasteiger partial charge in [-0.3, -0.25) is 9.59 Å². The first-order valence-electron chi connectivity index (χ1n) is 12.3. The van der Waals surface area contributed by atoms with E-state index >= 15 is 0 Å². The van der Waals surface area contributed by atoms with E-state index in [1.807, 2.05) is 11.9 Å². The van der Waals surface area contributed by atoms with Crippen molar-refractivity contribution in [2.45, 2.75) is 38.8 Å². The number of carbonyl (C=O) groups is 1. The maximum atomic E-state index is 14.5. The quantitative estimate of drug-likeness (QED) is 0.175. The van der Waals surface area contributed by atoms with Gasteiger partial charge in [-0.2, -0.15) is 18.3 Å². The second-order valence-electron chi connectivity index (χ2n) is 8.70. The smallest absolute Gasteiger partial charge is 0.423 e. The lowest BCUT2D eigenvalue weighted by Gasteiger charge is -2.14. The van der Waals surface area contributed by atoms with Crippen LogP contribution in [0.1, 0.15) is 54.1 Å². The molecule has 0 saturated heterocycles. The molecule has 0 saturated carbocycles. The van der Waals surface area contributed by atoms with Gasteiger partial charge in [0.15, 0.2) is 35.3 Å². The lowest BCUT2D eigenvalue weighted by molar-refractivity contribution is -0.138. The molecule has 3 aromatic rings. The van der Waals surface area contributed by atoms with Crippen molar-refractivity contribution in [3.63, 3.8) is 0 Å². The van der Waals surface area contributed by atoms with Crippen molar-refractivity contribution in [2.75, 3.05) is 32.2 Å². The normalized spacial score (nSPS) is 11.2. The van der Waals surface area contributed by atoms with Gasteiger partial charge in [-0.05, 0) is 30.3 Å². The summed E-state index contributed by atoms with van der Waals surface area (Å²) in [6, 6.07) is 1.34. The van der Waals surface area contributed by atoms with Gasteiger partial charge in [-0.15, -0.1) is 0 Å². The molecule has 0 radical (unpaired) electrons. The summed E-state index contributed by atoms with van der Waals surface area (Å²) in [5.74, 6) is -2.33. The first-order chi connectivity index (χ1) is 19.3. The third-order valence-electron chi connectivity index (χ3n) is 5.68. The van der Waals surface area contributed by atoms with Crippen LogP contribution in [0.25, 0.3) is 17.5 Å². The first kappa shape index (κ1) is 32.7. The number of benzene rings is 1. The van der Waals surface area contributed by atoms with Crippen LogP contribution in [0.15, 0.2) is 29.5 Å². The largest absolute Gasteiger partial charge is 0.491 e. The van der Waals surface area contributed by atoms with Gasteiger partial charge >= 0.3 is 6.18 Å². The number of aromatic amines is 1. The predicted octanol–water partition coefficient (Wildman–Crippen LogP) is 4.68. The third-order valence-corrected chi connectivity index (χ3v) is 5.68. The molecule has 222 valence electrons. The molecule has 0 bridgehead atoms. The number of nitrogens with zero attached hydrogens (tertiary/aromatic N) is 4. The van der Waals surface area contributed by atoms with Crippen molar-refractivity contribution in [1.29, 1.82) is 0 Å². The molecule has 0 amide bonds. The van der Waals surface area contributed by atoms with Crippen LogP contribution in [0.4, 0.5) is 33.5 Å². The first-order valence-corrected chi connectivity index (χ1v) is 12.3. The Labute approximate surface area is 232 Å². The molecule has 0 fully saturated rings. The van der Waals surface area contributed by atoms with Crippen LogP contribution in [-0.2, 0) is 6.18 Å². The van der Waals surface area contributed by atoms with Crippen LogP contribution in [0.5, 0.6) is 5.75 Å². The second-order valence-corrected chi connectivity index (χ2v) is 8.70. The zero-order valence-electron chi connectivity index (χ0n) is 22.6. The molecule has 0 aliphatic heterocycles. The van der Waals surface area contributed by atoms with E-state index in [2.05, 4.69) is 22.0 Å². The summed E-state index contributed by atoms with van der Waals surface area (Å²) in [7, 11) is 3.28. The number of aromatic nitrogens is 4. The van der Waals surface area contributed by atoms with Crippen LogP contribution in [-0.4, -0.2) is 52.1 Å². The van der Waals surface area contributed by atoms with E-state index in [4.69, 9.17) is 16.2 Å². The number of nitrogens with one attached hydrogen (secondary N) is 1. The summed E-state index contributed by atoms with van der Waals surface area (Å²) in [6.07, 6.45) is 5.36. The Kier molecular flexibility index (Phi) is 11.7. The standard InChI is InChI=1S/C21H26F2N4O2.C5H4F3N3O/c1-4-5-6-7-9-27(2)10-8-14-11-15(18(22)19(23)16(14)13-28)21-25-12-17(29-3)20(24)26-21;6-5(7,8)3-2(9)1-10-11-4(3)12/h8,10-13H,4-7,9H2,1-3H3,(H2,24,25,26);1H,(H3,9,11,12)/b10-8-;. The van der Waals surface area contributed by atoms with Gasteiger partial charge in [-0.25, -0.2) is 23.8 Å². The number of hydrogen-bond donors (Lipinski definition) is 3. The fraction of sp³-hybridized carbons (Fsp3) is 0.346. The molecule has 1 aromatic carbocycles. The number of aldehydes is 1. The molecule has 3 rings (SSSR count). The minimum atomic E-state index is -4.74. The number of hydrogen-bond acceptors (Lipinski definition) is 9. The summed E-state index contributed by atoms with van der Waals surface area (Å²) in [4.78, 5) is 31.8. The molecule has 2 aromatic heterocycles. The number of anilines is 2. The summed E-state index contributed by atoms with van der Waals surface area (Å²) in [5, 5.41) is 4.74. The Morgan fingerprint density at radius 3 is 2.37 bits per heavy atom. The number of unbranched alkanes of at least 4 members (excludes halogenated alkanes) is 3. The molecule has 41 heavy (non-hydrogen) atoms. The predicted molar refractivity (Wildman–Crippen MR) is 144 cm³/mol. The number of rotatable bonds is 10. The Morgan fingerprint density at radius 2 is 1.83 bits per heavy atom. The monoisotopic (exact) mass is 583 g/mol. The number of alkyl halides is 3. The van der Waals surface area contributed by atoms with Crippen molar-refractivity contribution in [3.05, 3.63) is 63.3 Å². The molecule has 0 spiro atoms. The van der Waals surface area contributed by atoms with E-state index in [1.165, 1.54) is 25.8 Å². The van der Waals surface area contributed by atoms with E-state index in [0.29, 0.717) is 6.29 Å². The third kappa shape index (κ3) is 8.71. The Bertz CT molecular complexity index is 1430. The summed E-state index contributed by atoms with van der Waals surface area (Å²) in [6.45, 7) is 2.97. The minimum absolute atomic E-state index is 0.000627.